The first-order valence-electron chi connectivity index (χ1n) is 12.5. The van der Waals surface area contributed by atoms with Crippen LogP contribution < -0.4 is 16.4 Å². The Balaban J connectivity index is 1.80. The molecule has 2 rings (SSSR count). The Morgan fingerprint density at radius 1 is 1.06 bits per heavy atom. The molecule has 8 nitrogen and oxygen atoms in total. The lowest BCUT2D eigenvalue weighted by Crippen LogP contribution is -2.50. The summed E-state index contributed by atoms with van der Waals surface area (Å²) in [7, 11) is 0. The van der Waals surface area contributed by atoms with E-state index in [4.69, 9.17) is 5.73 Å². The average Bonchev–Trinajstić information content (AvgIpc) is 3.05. The Bertz CT molecular complexity index is 814. The van der Waals surface area contributed by atoms with Crippen LogP contribution in [0.15, 0.2) is 30.3 Å². The second-order valence-electron chi connectivity index (χ2n) is 9.30. The van der Waals surface area contributed by atoms with Gasteiger partial charge in [0.2, 0.25) is 23.6 Å². The number of rotatable bonds is 15. The second-order valence-corrected chi connectivity index (χ2v) is 9.30. The fourth-order valence-electron chi connectivity index (χ4n) is 4.15. The van der Waals surface area contributed by atoms with E-state index < -0.39 is 6.04 Å². The van der Waals surface area contributed by atoms with Crippen LogP contribution in [0.5, 0.6) is 0 Å². The van der Waals surface area contributed by atoms with Crippen LogP contribution in [0.1, 0.15) is 70.8 Å². The number of nitrogens with two attached hydrogens (primary N) is 1. The SMILES string of the molecule is CC1CC(=O)N(CCCCCC(=O)N[C@@H](Cc2ccccc2)C(=O)N[C@H](C)CCCCN)C1=O. The maximum atomic E-state index is 12.9. The molecule has 188 valence electrons. The van der Waals surface area contributed by atoms with Gasteiger partial charge in [-0.15, -0.1) is 0 Å². The van der Waals surface area contributed by atoms with Crippen molar-refractivity contribution < 1.29 is 19.2 Å². The lowest BCUT2D eigenvalue weighted by molar-refractivity contribution is -0.139. The quantitative estimate of drug-likeness (QED) is 0.267. The normalized spacial score (nSPS) is 17.5. The first-order chi connectivity index (χ1) is 16.3. The van der Waals surface area contributed by atoms with Crippen LogP contribution in [0.4, 0.5) is 0 Å². The molecule has 1 aliphatic rings. The number of carbonyl (C=O) groups is 4. The van der Waals surface area contributed by atoms with Crippen LogP contribution in [-0.4, -0.2) is 53.7 Å². The molecule has 0 aromatic heterocycles. The first-order valence-corrected chi connectivity index (χ1v) is 12.5. The van der Waals surface area contributed by atoms with Crippen molar-refractivity contribution in [3.8, 4) is 0 Å². The van der Waals surface area contributed by atoms with Crippen molar-refractivity contribution in [3.63, 3.8) is 0 Å². The number of hydrogen-bond acceptors (Lipinski definition) is 5. The van der Waals surface area contributed by atoms with E-state index in [0.717, 1.165) is 31.2 Å². The highest BCUT2D eigenvalue weighted by atomic mass is 16.2. The zero-order valence-electron chi connectivity index (χ0n) is 20.6. The molecule has 0 bridgehead atoms. The van der Waals surface area contributed by atoms with Crippen molar-refractivity contribution in [1.29, 1.82) is 0 Å². The molecule has 0 saturated carbocycles. The van der Waals surface area contributed by atoms with Gasteiger partial charge >= 0.3 is 0 Å². The molecule has 1 aliphatic heterocycles. The monoisotopic (exact) mass is 472 g/mol. The number of amides is 4. The molecule has 1 heterocycles. The molecular weight excluding hydrogens is 432 g/mol. The standard InChI is InChI=1S/C26H40N4O4/c1-19-17-24(32)30(26(19)34)16-10-4-7-14-23(31)29-22(18-21-12-5-3-6-13-21)25(33)28-20(2)11-8-9-15-27/h3,5-6,12-13,19-20,22H,4,7-11,14-18,27H2,1-2H3,(H,28,33)(H,29,31)/t19?,20-,22+/m1/s1. The summed E-state index contributed by atoms with van der Waals surface area (Å²) in [4.78, 5) is 50.7. The van der Waals surface area contributed by atoms with E-state index in [1.165, 1.54) is 4.90 Å². The minimum atomic E-state index is -0.645. The number of carbonyl (C=O) groups excluding carboxylic acids is 4. The van der Waals surface area contributed by atoms with E-state index in [1.807, 2.05) is 37.3 Å². The third-order valence-corrected chi connectivity index (χ3v) is 6.17. The van der Waals surface area contributed by atoms with Gasteiger partial charge < -0.3 is 16.4 Å². The molecule has 1 aromatic carbocycles. The molecule has 0 radical (unpaired) electrons. The number of likely N-dealkylation sites (tertiary alicyclic amines) is 1. The summed E-state index contributed by atoms with van der Waals surface area (Å²) in [5, 5.41) is 5.92. The van der Waals surface area contributed by atoms with Crippen molar-refractivity contribution in [1.82, 2.24) is 15.5 Å². The van der Waals surface area contributed by atoms with Crippen LogP contribution in [0.3, 0.4) is 0 Å². The Morgan fingerprint density at radius 3 is 2.44 bits per heavy atom. The topological polar surface area (TPSA) is 122 Å². The Labute approximate surface area is 203 Å². The minimum Gasteiger partial charge on any atom is -0.352 e. The van der Waals surface area contributed by atoms with E-state index in [9.17, 15) is 19.2 Å². The van der Waals surface area contributed by atoms with E-state index in [0.29, 0.717) is 38.8 Å². The highest BCUT2D eigenvalue weighted by Gasteiger charge is 2.34. The van der Waals surface area contributed by atoms with Crippen molar-refractivity contribution in [2.24, 2.45) is 11.7 Å². The summed E-state index contributed by atoms with van der Waals surface area (Å²) < 4.78 is 0. The zero-order valence-corrected chi connectivity index (χ0v) is 20.6. The van der Waals surface area contributed by atoms with Gasteiger partial charge in [0.25, 0.3) is 0 Å². The molecule has 1 unspecified atom stereocenters. The smallest absolute Gasteiger partial charge is 0.243 e. The minimum absolute atomic E-state index is 0.00736. The highest BCUT2D eigenvalue weighted by Crippen LogP contribution is 2.19. The number of unbranched alkanes of at least 4 members (excludes halogenated alkanes) is 3. The van der Waals surface area contributed by atoms with Gasteiger partial charge in [-0.2, -0.15) is 0 Å². The van der Waals surface area contributed by atoms with Crippen molar-refractivity contribution >= 4 is 23.6 Å². The molecule has 1 saturated heterocycles. The lowest BCUT2D eigenvalue weighted by Gasteiger charge is -2.22. The Morgan fingerprint density at radius 2 is 1.79 bits per heavy atom. The van der Waals surface area contributed by atoms with Crippen LogP contribution in [-0.2, 0) is 25.6 Å². The third kappa shape index (κ3) is 9.25. The fourth-order valence-corrected chi connectivity index (χ4v) is 4.15. The summed E-state index contributed by atoms with van der Waals surface area (Å²) in [5.41, 5.74) is 6.53. The van der Waals surface area contributed by atoms with Gasteiger partial charge in [-0.05, 0) is 44.7 Å². The second kappa shape index (κ2) is 14.5. The largest absolute Gasteiger partial charge is 0.352 e. The number of imide groups is 1. The molecule has 1 fully saturated rings. The number of hydrogen-bond donors (Lipinski definition) is 3. The van der Waals surface area contributed by atoms with Crippen LogP contribution >= 0.6 is 0 Å². The van der Waals surface area contributed by atoms with Gasteiger partial charge in [0.05, 0.1) is 0 Å². The maximum absolute atomic E-state index is 12.9. The molecule has 1 aromatic rings. The van der Waals surface area contributed by atoms with Gasteiger partial charge in [-0.25, -0.2) is 0 Å². The van der Waals surface area contributed by atoms with E-state index in [2.05, 4.69) is 10.6 Å². The molecule has 8 heteroatoms. The predicted octanol–water partition coefficient (Wildman–Crippen LogP) is 2.30. The van der Waals surface area contributed by atoms with Crippen molar-refractivity contribution in [2.75, 3.05) is 13.1 Å². The summed E-state index contributed by atoms with van der Waals surface area (Å²) in [5.74, 6) is -0.794. The number of nitrogens with one attached hydrogen (secondary N) is 2. The van der Waals surface area contributed by atoms with Crippen molar-refractivity contribution in [3.05, 3.63) is 35.9 Å². The average molecular weight is 473 g/mol. The van der Waals surface area contributed by atoms with E-state index >= 15 is 0 Å². The van der Waals surface area contributed by atoms with Gasteiger partial charge in [-0.1, -0.05) is 50.1 Å². The highest BCUT2D eigenvalue weighted by molar-refractivity contribution is 6.03. The number of nitrogens with zero attached hydrogens (tertiary/aromatic N) is 1. The summed E-state index contributed by atoms with van der Waals surface area (Å²) >= 11 is 0. The van der Waals surface area contributed by atoms with Crippen LogP contribution in [0, 0.1) is 5.92 Å². The first kappa shape index (κ1) is 27.5. The molecule has 34 heavy (non-hydrogen) atoms. The summed E-state index contributed by atoms with van der Waals surface area (Å²) in [6, 6.07) is 9.00. The maximum Gasteiger partial charge on any atom is 0.243 e. The van der Waals surface area contributed by atoms with Gasteiger partial charge in [0.15, 0.2) is 0 Å². The number of benzene rings is 1. The van der Waals surface area contributed by atoms with Gasteiger partial charge in [-0.3, -0.25) is 24.1 Å². The third-order valence-electron chi connectivity index (χ3n) is 6.17. The Hall–Kier alpha value is -2.74. The molecule has 3 atom stereocenters. The van der Waals surface area contributed by atoms with Gasteiger partial charge in [0.1, 0.15) is 6.04 Å². The molecule has 4 N–H and O–H groups in total. The van der Waals surface area contributed by atoms with Crippen molar-refractivity contribution in [2.45, 2.75) is 83.7 Å². The predicted molar refractivity (Wildman–Crippen MR) is 132 cm³/mol. The molecule has 4 amide bonds. The van der Waals surface area contributed by atoms with Gasteiger partial charge in [0, 0.05) is 37.8 Å². The van der Waals surface area contributed by atoms with Crippen LogP contribution in [0.25, 0.3) is 0 Å². The molecule has 0 aliphatic carbocycles. The van der Waals surface area contributed by atoms with E-state index in [-0.39, 0.29) is 42.0 Å². The molecule has 0 spiro atoms. The lowest BCUT2D eigenvalue weighted by atomic mass is 10.0. The Kier molecular flexibility index (Phi) is 11.7. The zero-order chi connectivity index (χ0) is 24.9. The molecular formula is C26H40N4O4. The summed E-state index contributed by atoms with van der Waals surface area (Å²) in [6.45, 7) is 4.78. The van der Waals surface area contributed by atoms with E-state index in [1.54, 1.807) is 6.92 Å². The van der Waals surface area contributed by atoms with Crippen LogP contribution in [0.2, 0.25) is 0 Å². The fraction of sp³-hybridized carbons (Fsp3) is 0.615. The summed E-state index contributed by atoms with van der Waals surface area (Å²) in [6.07, 6.45) is 5.75.